The normalized spacial score (nSPS) is 12.4. The Morgan fingerprint density at radius 2 is 1.63 bits per heavy atom. The fourth-order valence-corrected chi connectivity index (χ4v) is 2.21. The summed E-state index contributed by atoms with van der Waals surface area (Å²) in [6, 6.07) is 14.4. The number of rotatable bonds is 3. The molecule has 0 spiro atoms. The molecule has 100 valence electrons. The molecule has 2 aromatic carbocycles. The maximum Gasteiger partial charge on any atom is 0.315 e. The van der Waals surface area contributed by atoms with Crippen molar-refractivity contribution in [3.63, 3.8) is 0 Å². The number of hydrogen-bond acceptors (Lipinski definition) is 1. The summed E-state index contributed by atoms with van der Waals surface area (Å²) >= 11 is 0. The number of fused-ring (bicyclic) bond motifs is 1. The van der Waals surface area contributed by atoms with Crippen LogP contribution in [0.15, 0.2) is 42.5 Å². The van der Waals surface area contributed by atoms with Crippen molar-refractivity contribution in [3.05, 3.63) is 48.0 Å². The van der Waals surface area contributed by atoms with E-state index in [1.807, 2.05) is 39.0 Å². The van der Waals surface area contributed by atoms with Crippen LogP contribution in [0.1, 0.15) is 32.4 Å². The van der Waals surface area contributed by atoms with Crippen molar-refractivity contribution in [1.82, 2.24) is 10.6 Å². The summed E-state index contributed by atoms with van der Waals surface area (Å²) in [4.78, 5) is 11.8. The minimum absolute atomic E-state index is 0.0233. The van der Waals surface area contributed by atoms with Gasteiger partial charge in [-0.05, 0) is 37.1 Å². The fraction of sp³-hybridized carbons (Fsp3) is 0.312. The van der Waals surface area contributed by atoms with Crippen molar-refractivity contribution in [2.24, 2.45) is 0 Å². The van der Waals surface area contributed by atoms with E-state index in [2.05, 4.69) is 34.9 Å². The lowest BCUT2D eigenvalue weighted by atomic mass is 10.00. The molecule has 0 bridgehead atoms. The van der Waals surface area contributed by atoms with Gasteiger partial charge in [-0.2, -0.15) is 0 Å². The van der Waals surface area contributed by atoms with Crippen molar-refractivity contribution in [2.45, 2.75) is 32.9 Å². The maximum atomic E-state index is 11.8. The summed E-state index contributed by atoms with van der Waals surface area (Å²) in [6.07, 6.45) is 0. The molecule has 0 saturated carbocycles. The number of benzene rings is 2. The van der Waals surface area contributed by atoms with E-state index >= 15 is 0 Å². The molecule has 0 aliphatic heterocycles. The van der Waals surface area contributed by atoms with Crippen molar-refractivity contribution >= 4 is 16.8 Å². The van der Waals surface area contributed by atoms with Crippen LogP contribution in [0.5, 0.6) is 0 Å². The van der Waals surface area contributed by atoms with Gasteiger partial charge in [0.25, 0.3) is 0 Å². The first kappa shape index (κ1) is 13.4. The molecule has 0 aliphatic rings. The molecule has 0 aliphatic carbocycles. The van der Waals surface area contributed by atoms with Crippen LogP contribution in [0, 0.1) is 0 Å². The average molecular weight is 256 g/mol. The van der Waals surface area contributed by atoms with Gasteiger partial charge in [-0.25, -0.2) is 4.79 Å². The van der Waals surface area contributed by atoms with Gasteiger partial charge in [0.15, 0.2) is 0 Å². The topological polar surface area (TPSA) is 41.1 Å². The molecule has 2 rings (SSSR count). The van der Waals surface area contributed by atoms with Gasteiger partial charge in [-0.1, -0.05) is 42.5 Å². The molecule has 2 N–H and O–H groups in total. The summed E-state index contributed by atoms with van der Waals surface area (Å²) < 4.78 is 0. The summed E-state index contributed by atoms with van der Waals surface area (Å²) in [7, 11) is 0. The standard InChI is InChI=1S/C16H20N2O/c1-11(2)17-16(19)18-12(3)14-10-6-8-13-7-4-5-9-15(13)14/h4-12H,1-3H3,(H2,17,18,19). The highest BCUT2D eigenvalue weighted by molar-refractivity contribution is 5.86. The van der Waals surface area contributed by atoms with Gasteiger partial charge in [0.1, 0.15) is 0 Å². The zero-order valence-corrected chi connectivity index (χ0v) is 11.6. The highest BCUT2D eigenvalue weighted by atomic mass is 16.2. The van der Waals surface area contributed by atoms with E-state index in [4.69, 9.17) is 0 Å². The van der Waals surface area contributed by atoms with E-state index in [0.717, 1.165) is 5.56 Å². The second-order valence-electron chi connectivity index (χ2n) is 5.06. The van der Waals surface area contributed by atoms with Gasteiger partial charge in [-0.3, -0.25) is 0 Å². The number of hydrogen-bond donors (Lipinski definition) is 2. The number of nitrogens with one attached hydrogen (secondary N) is 2. The minimum Gasteiger partial charge on any atom is -0.336 e. The molecule has 0 heterocycles. The molecule has 0 aromatic heterocycles. The highest BCUT2D eigenvalue weighted by Crippen LogP contribution is 2.23. The van der Waals surface area contributed by atoms with E-state index < -0.39 is 0 Å². The molecule has 0 radical (unpaired) electrons. The number of carbonyl (C=O) groups is 1. The van der Waals surface area contributed by atoms with Crippen molar-refractivity contribution in [3.8, 4) is 0 Å². The Hall–Kier alpha value is -2.03. The molecular weight excluding hydrogens is 236 g/mol. The molecule has 0 fully saturated rings. The largest absolute Gasteiger partial charge is 0.336 e. The van der Waals surface area contributed by atoms with Crippen LogP contribution in [-0.4, -0.2) is 12.1 Å². The van der Waals surface area contributed by atoms with Gasteiger partial charge >= 0.3 is 6.03 Å². The summed E-state index contributed by atoms with van der Waals surface area (Å²) in [6.45, 7) is 5.89. The summed E-state index contributed by atoms with van der Waals surface area (Å²) in [5.41, 5.74) is 1.14. The first-order valence-electron chi connectivity index (χ1n) is 6.62. The predicted molar refractivity (Wildman–Crippen MR) is 79.2 cm³/mol. The molecular formula is C16H20N2O. The predicted octanol–water partition coefficient (Wildman–Crippen LogP) is 3.61. The number of carbonyl (C=O) groups excluding carboxylic acids is 1. The Bertz CT molecular complexity index is 572. The van der Waals surface area contributed by atoms with E-state index in [9.17, 15) is 4.79 Å². The first-order chi connectivity index (χ1) is 9.08. The van der Waals surface area contributed by atoms with Crippen molar-refractivity contribution < 1.29 is 4.79 Å². The Morgan fingerprint density at radius 1 is 0.947 bits per heavy atom. The van der Waals surface area contributed by atoms with Crippen LogP contribution in [0.25, 0.3) is 10.8 Å². The van der Waals surface area contributed by atoms with E-state index in [1.54, 1.807) is 0 Å². The fourth-order valence-electron chi connectivity index (χ4n) is 2.21. The number of amides is 2. The van der Waals surface area contributed by atoms with Crippen LogP contribution in [0.2, 0.25) is 0 Å². The van der Waals surface area contributed by atoms with Crippen LogP contribution < -0.4 is 10.6 Å². The van der Waals surface area contributed by atoms with Gasteiger partial charge in [0.2, 0.25) is 0 Å². The van der Waals surface area contributed by atoms with Gasteiger partial charge in [0, 0.05) is 6.04 Å². The highest BCUT2D eigenvalue weighted by Gasteiger charge is 2.12. The van der Waals surface area contributed by atoms with Crippen molar-refractivity contribution in [2.75, 3.05) is 0 Å². The third-order valence-electron chi connectivity index (χ3n) is 3.06. The third kappa shape index (κ3) is 3.25. The second-order valence-corrected chi connectivity index (χ2v) is 5.06. The zero-order valence-electron chi connectivity index (χ0n) is 11.6. The van der Waals surface area contributed by atoms with Gasteiger partial charge in [-0.15, -0.1) is 0 Å². The SMILES string of the molecule is CC(C)NC(=O)NC(C)c1cccc2ccccc12. The second kappa shape index (κ2) is 5.74. The lowest BCUT2D eigenvalue weighted by molar-refractivity contribution is 0.235. The Morgan fingerprint density at radius 3 is 2.37 bits per heavy atom. The number of urea groups is 1. The average Bonchev–Trinajstić information content (AvgIpc) is 2.36. The Kier molecular flexibility index (Phi) is 4.05. The van der Waals surface area contributed by atoms with Crippen LogP contribution in [-0.2, 0) is 0 Å². The molecule has 1 unspecified atom stereocenters. The molecule has 3 nitrogen and oxygen atoms in total. The molecule has 2 aromatic rings. The monoisotopic (exact) mass is 256 g/mol. The minimum atomic E-state index is -0.129. The Labute approximate surface area is 114 Å². The molecule has 2 amide bonds. The van der Waals surface area contributed by atoms with Crippen molar-refractivity contribution in [1.29, 1.82) is 0 Å². The smallest absolute Gasteiger partial charge is 0.315 e. The Balaban J connectivity index is 2.22. The van der Waals surface area contributed by atoms with Gasteiger partial charge < -0.3 is 10.6 Å². The lowest BCUT2D eigenvalue weighted by Gasteiger charge is -2.18. The molecule has 1 atom stereocenters. The lowest BCUT2D eigenvalue weighted by Crippen LogP contribution is -2.40. The van der Waals surface area contributed by atoms with Crippen LogP contribution in [0.4, 0.5) is 4.79 Å². The van der Waals surface area contributed by atoms with E-state index in [1.165, 1.54) is 10.8 Å². The van der Waals surface area contributed by atoms with Crippen LogP contribution in [0.3, 0.4) is 0 Å². The molecule has 0 saturated heterocycles. The maximum absolute atomic E-state index is 11.8. The molecule has 3 heteroatoms. The molecule has 19 heavy (non-hydrogen) atoms. The zero-order chi connectivity index (χ0) is 13.8. The summed E-state index contributed by atoms with van der Waals surface area (Å²) in [5, 5.41) is 8.19. The van der Waals surface area contributed by atoms with Crippen LogP contribution >= 0.6 is 0 Å². The first-order valence-corrected chi connectivity index (χ1v) is 6.62. The van der Waals surface area contributed by atoms with Gasteiger partial charge in [0.05, 0.1) is 6.04 Å². The van der Waals surface area contributed by atoms with E-state index in [0.29, 0.717) is 0 Å². The third-order valence-corrected chi connectivity index (χ3v) is 3.06. The quantitative estimate of drug-likeness (QED) is 0.865. The van der Waals surface area contributed by atoms with E-state index in [-0.39, 0.29) is 18.1 Å². The summed E-state index contributed by atoms with van der Waals surface area (Å²) in [5.74, 6) is 0.